The third kappa shape index (κ3) is 3.75. The number of carbonyl (C=O) groups excluding carboxylic acids is 2. The molecule has 126 valence electrons. The van der Waals surface area contributed by atoms with Gasteiger partial charge in [-0.3, -0.25) is 4.79 Å². The highest BCUT2D eigenvalue weighted by atomic mass is 16.2. The lowest BCUT2D eigenvalue weighted by atomic mass is 10.1. The standard InChI is InChI=1S/C17H26N4O2/c1-12-10-20(5)15-9-7-6-8-14(15)11-21(12)17(23)18-13(2)16(22)19(3)4/h6-9,12-13H,10-11H2,1-5H3,(H,18,23)/t12-,13+/m0/s1. The highest BCUT2D eigenvalue weighted by Crippen LogP contribution is 2.25. The summed E-state index contributed by atoms with van der Waals surface area (Å²) in [6, 6.07) is 7.41. The molecule has 1 aliphatic heterocycles. The van der Waals surface area contributed by atoms with Crippen LogP contribution in [0.5, 0.6) is 0 Å². The van der Waals surface area contributed by atoms with Crippen LogP contribution in [0.1, 0.15) is 19.4 Å². The summed E-state index contributed by atoms with van der Waals surface area (Å²) in [6.45, 7) is 5.03. The van der Waals surface area contributed by atoms with Gasteiger partial charge in [0.05, 0.1) is 0 Å². The minimum atomic E-state index is -0.541. The van der Waals surface area contributed by atoms with E-state index in [2.05, 4.69) is 16.3 Å². The summed E-state index contributed by atoms with van der Waals surface area (Å²) >= 11 is 0. The number of hydrogen-bond donors (Lipinski definition) is 1. The van der Waals surface area contributed by atoms with Crippen molar-refractivity contribution in [3.05, 3.63) is 29.8 Å². The molecule has 0 unspecified atom stereocenters. The van der Waals surface area contributed by atoms with Crippen molar-refractivity contribution >= 4 is 17.6 Å². The van der Waals surface area contributed by atoms with E-state index < -0.39 is 6.04 Å². The van der Waals surface area contributed by atoms with Gasteiger partial charge in [-0.2, -0.15) is 0 Å². The van der Waals surface area contributed by atoms with Gasteiger partial charge in [0, 0.05) is 46.0 Å². The van der Waals surface area contributed by atoms with E-state index >= 15 is 0 Å². The van der Waals surface area contributed by atoms with E-state index in [1.54, 1.807) is 25.9 Å². The number of hydrogen-bond acceptors (Lipinski definition) is 3. The zero-order chi connectivity index (χ0) is 17.1. The molecule has 0 saturated carbocycles. The number of carbonyl (C=O) groups is 2. The molecule has 1 N–H and O–H groups in total. The van der Waals surface area contributed by atoms with Gasteiger partial charge in [0.1, 0.15) is 6.04 Å². The molecule has 1 aromatic carbocycles. The summed E-state index contributed by atoms with van der Waals surface area (Å²) in [7, 11) is 5.41. The molecule has 6 nitrogen and oxygen atoms in total. The second-order valence-corrected chi connectivity index (χ2v) is 6.39. The number of anilines is 1. The highest BCUT2D eigenvalue weighted by molar-refractivity contribution is 5.86. The van der Waals surface area contributed by atoms with E-state index in [1.165, 1.54) is 4.90 Å². The molecule has 0 radical (unpaired) electrons. The van der Waals surface area contributed by atoms with Crippen LogP contribution in [0.3, 0.4) is 0 Å². The van der Waals surface area contributed by atoms with Crippen LogP contribution in [-0.4, -0.2) is 61.5 Å². The Hall–Kier alpha value is -2.24. The number of benzene rings is 1. The second-order valence-electron chi connectivity index (χ2n) is 6.39. The third-order valence-electron chi connectivity index (χ3n) is 4.23. The molecule has 1 heterocycles. The Morgan fingerprint density at radius 3 is 2.61 bits per heavy atom. The molecule has 0 fully saturated rings. The second kappa shape index (κ2) is 6.89. The average Bonchev–Trinajstić information content (AvgIpc) is 2.63. The SMILES string of the molecule is C[C@@H](NC(=O)N1Cc2ccccc2N(C)C[C@@H]1C)C(=O)N(C)C. The zero-order valence-electron chi connectivity index (χ0n) is 14.5. The number of likely N-dealkylation sites (N-methyl/N-ethyl adjacent to an activating group) is 2. The first-order valence-electron chi connectivity index (χ1n) is 7.88. The first-order valence-corrected chi connectivity index (χ1v) is 7.88. The molecule has 0 spiro atoms. The predicted molar refractivity (Wildman–Crippen MR) is 91.4 cm³/mol. The van der Waals surface area contributed by atoms with Crippen molar-refractivity contribution in [2.24, 2.45) is 0 Å². The number of urea groups is 1. The minimum Gasteiger partial charge on any atom is -0.372 e. The van der Waals surface area contributed by atoms with Crippen molar-refractivity contribution in [2.75, 3.05) is 32.6 Å². The van der Waals surface area contributed by atoms with Crippen LogP contribution in [0, 0.1) is 0 Å². The molecule has 2 rings (SSSR count). The Balaban J connectivity index is 2.15. The molecule has 0 bridgehead atoms. The molecule has 2 atom stereocenters. The fraction of sp³-hybridized carbons (Fsp3) is 0.529. The molecular weight excluding hydrogens is 292 g/mol. The van der Waals surface area contributed by atoms with Crippen LogP contribution in [0.15, 0.2) is 24.3 Å². The maximum atomic E-state index is 12.6. The molecule has 6 heteroatoms. The topological polar surface area (TPSA) is 55.9 Å². The van der Waals surface area contributed by atoms with Crippen LogP contribution >= 0.6 is 0 Å². The Morgan fingerprint density at radius 2 is 1.96 bits per heavy atom. The lowest BCUT2D eigenvalue weighted by Gasteiger charge is -2.30. The van der Waals surface area contributed by atoms with E-state index in [4.69, 9.17) is 0 Å². The van der Waals surface area contributed by atoms with Crippen molar-refractivity contribution in [3.63, 3.8) is 0 Å². The average molecular weight is 318 g/mol. The Morgan fingerprint density at radius 1 is 1.30 bits per heavy atom. The summed E-state index contributed by atoms with van der Waals surface area (Å²) in [5.41, 5.74) is 2.26. The minimum absolute atomic E-state index is 0.0501. The van der Waals surface area contributed by atoms with Crippen molar-refractivity contribution in [3.8, 4) is 0 Å². The maximum absolute atomic E-state index is 12.6. The van der Waals surface area contributed by atoms with E-state index in [1.807, 2.05) is 32.2 Å². The van der Waals surface area contributed by atoms with E-state index in [9.17, 15) is 9.59 Å². The Bertz CT molecular complexity index is 588. The number of para-hydroxylation sites is 1. The maximum Gasteiger partial charge on any atom is 0.318 e. The quantitative estimate of drug-likeness (QED) is 0.899. The summed E-state index contributed by atoms with van der Waals surface area (Å²) in [5.74, 6) is -0.113. The largest absolute Gasteiger partial charge is 0.372 e. The Kier molecular flexibility index (Phi) is 5.13. The van der Waals surface area contributed by atoms with Gasteiger partial charge in [-0.05, 0) is 25.5 Å². The van der Waals surface area contributed by atoms with Crippen LogP contribution in [0.4, 0.5) is 10.5 Å². The van der Waals surface area contributed by atoms with Crippen LogP contribution in [-0.2, 0) is 11.3 Å². The summed E-state index contributed by atoms with van der Waals surface area (Å²) in [4.78, 5) is 30.0. The lowest BCUT2D eigenvalue weighted by Crippen LogP contribution is -2.52. The van der Waals surface area contributed by atoms with Crippen molar-refractivity contribution in [2.45, 2.75) is 32.5 Å². The van der Waals surface area contributed by atoms with Gasteiger partial charge < -0.3 is 20.0 Å². The van der Waals surface area contributed by atoms with Gasteiger partial charge in [0.25, 0.3) is 0 Å². The van der Waals surface area contributed by atoms with E-state index in [-0.39, 0.29) is 18.0 Å². The van der Waals surface area contributed by atoms with Gasteiger partial charge in [-0.1, -0.05) is 18.2 Å². The monoisotopic (exact) mass is 318 g/mol. The number of nitrogens with one attached hydrogen (secondary N) is 1. The van der Waals surface area contributed by atoms with Crippen molar-refractivity contribution < 1.29 is 9.59 Å². The fourth-order valence-corrected chi connectivity index (χ4v) is 2.94. The van der Waals surface area contributed by atoms with E-state index in [0.717, 1.165) is 17.8 Å². The molecule has 1 aliphatic rings. The predicted octanol–water partition coefficient (Wildman–Crippen LogP) is 1.51. The first kappa shape index (κ1) is 17.1. The van der Waals surface area contributed by atoms with Crippen LogP contribution < -0.4 is 10.2 Å². The number of rotatable bonds is 2. The van der Waals surface area contributed by atoms with Gasteiger partial charge >= 0.3 is 6.03 Å². The fourth-order valence-electron chi connectivity index (χ4n) is 2.94. The van der Waals surface area contributed by atoms with Gasteiger partial charge in [-0.25, -0.2) is 4.79 Å². The van der Waals surface area contributed by atoms with Gasteiger partial charge in [0.15, 0.2) is 0 Å². The van der Waals surface area contributed by atoms with Gasteiger partial charge in [0.2, 0.25) is 5.91 Å². The molecular formula is C17H26N4O2. The number of amides is 3. The van der Waals surface area contributed by atoms with Gasteiger partial charge in [-0.15, -0.1) is 0 Å². The summed E-state index contributed by atoms with van der Waals surface area (Å²) < 4.78 is 0. The summed E-state index contributed by atoms with van der Waals surface area (Å²) in [6.07, 6.45) is 0. The molecule has 0 aromatic heterocycles. The smallest absolute Gasteiger partial charge is 0.318 e. The number of nitrogens with zero attached hydrogens (tertiary/aromatic N) is 3. The normalized spacial score (nSPS) is 18.7. The van der Waals surface area contributed by atoms with Crippen molar-refractivity contribution in [1.82, 2.24) is 15.1 Å². The van der Waals surface area contributed by atoms with Crippen molar-refractivity contribution in [1.29, 1.82) is 0 Å². The summed E-state index contributed by atoms with van der Waals surface area (Å²) in [5, 5.41) is 2.81. The zero-order valence-corrected chi connectivity index (χ0v) is 14.5. The third-order valence-corrected chi connectivity index (χ3v) is 4.23. The lowest BCUT2D eigenvalue weighted by molar-refractivity contribution is -0.130. The first-order chi connectivity index (χ1) is 10.8. The molecule has 0 saturated heterocycles. The molecule has 1 aromatic rings. The van der Waals surface area contributed by atoms with Crippen LogP contribution in [0.2, 0.25) is 0 Å². The molecule has 0 aliphatic carbocycles. The van der Waals surface area contributed by atoms with Crippen LogP contribution in [0.25, 0.3) is 0 Å². The highest BCUT2D eigenvalue weighted by Gasteiger charge is 2.28. The Labute approximate surface area is 138 Å². The molecule has 3 amide bonds. The van der Waals surface area contributed by atoms with E-state index in [0.29, 0.717) is 6.54 Å². The number of fused-ring (bicyclic) bond motifs is 1. The molecule has 23 heavy (non-hydrogen) atoms.